The molecule has 2 heterocycles. The average Bonchev–Trinajstić information content (AvgIpc) is 2.97. The number of esters is 1. The van der Waals surface area contributed by atoms with Gasteiger partial charge in [0, 0.05) is 11.9 Å². The van der Waals surface area contributed by atoms with Gasteiger partial charge < -0.3 is 19.8 Å². The molecule has 0 saturated heterocycles. The number of thiazole rings is 1. The number of nitro groups is 1. The second-order valence-electron chi connectivity index (χ2n) is 4.30. The van der Waals surface area contributed by atoms with Gasteiger partial charge in [-0.25, -0.2) is 0 Å². The van der Waals surface area contributed by atoms with Crippen LogP contribution in [0.3, 0.4) is 0 Å². The van der Waals surface area contributed by atoms with E-state index in [9.17, 15) is 14.9 Å². The summed E-state index contributed by atoms with van der Waals surface area (Å²) < 4.78 is 6.34. The molecule has 0 aliphatic heterocycles. The Morgan fingerprint density at radius 2 is 2.33 bits per heavy atom. The molecule has 0 spiro atoms. The Balaban J connectivity index is 2.39. The van der Waals surface area contributed by atoms with E-state index >= 15 is 0 Å². The van der Waals surface area contributed by atoms with Gasteiger partial charge in [0.25, 0.3) is 4.96 Å². The van der Waals surface area contributed by atoms with Crippen molar-refractivity contribution < 1.29 is 14.5 Å². The van der Waals surface area contributed by atoms with Crippen molar-refractivity contribution in [3.63, 3.8) is 0 Å². The summed E-state index contributed by atoms with van der Waals surface area (Å²) in [6, 6.07) is 0. The third-order valence-electron chi connectivity index (χ3n) is 2.81. The lowest BCUT2D eigenvalue weighted by atomic mass is 10.4. The van der Waals surface area contributed by atoms with Crippen molar-refractivity contribution in [2.24, 2.45) is 0 Å². The van der Waals surface area contributed by atoms with Gasteiger partial charge in [0.15, 0.2) is 0 Å². The highest BCUT2D eigenvalue weighted by atomic mass is 32.1. The molecule has 114 valence electrons. The number of imidazole rings is 1. The fraction of sp³-hybridized carbons (Fsp3) is 0.500. The Kier molecular flexibility index (Phi) is 4.73. The molecule has 9 heteroatoms. The number of carbonyl (C=O) groups excluding carboxylic acids is 1. The van der Waals surface area contributed by atoms with Crippen molar-refractivity contribution in [3.8, 4) is 0 Å². The minimum absolute atomic E-state index is 0.0483. The number of aromatic nitrogens is 2. The number of hydrogen-bond donors (Lipinski definition) is 0. The number of fused-ring (bicyclic) bond motifs is 1. The summed E-state index contributed by atoms with van der Waals surface area (Å²) in [5.74, 6) is -0.331. The lowest BCUT2D eigenvalue weighted by molar-refractivity contribution is -0.389. The van der Waals surface area contributed by atoms with Crippen molar-refractivity contribution in [1.82, 2.24) is 9.38 Å². The van der Waals surface area contributed by atoms with E-state index in [1.165, 1.54) is 15.7 Å². The number of nitrogens with zero attached hydrogens (tertiary/aromatic N) is 4. The number of anilines is 1. The first-order valence-electron chi connectivity index (χ1n) is 6.59. The van der Waals surface area contributed by atoms with Crippen LogP contribution >= 0.6 is 11.3 Å². The van der Waals surface area contributed by atoms with Crippen molar-refractivity contribution in [2.75, 3.05) is 24.6 Å². The van der Waals surface area contributed by atoms with E-state index in [4.69, 9.17) is 4.74 Å². The highest BCUT2D eigenvalue weighted by Crippen LogP contribution is 2.31. The molecule has 21 heavy (non-hydrogen) atoms. The Hall–Kier alpha value is -2.16. The Labute approximate surface area is 125 Å². The van der Waals surface area contributed by atoms with Crippen LogP contribution in [-0.2, 0) is 9.53 Å². The SMILES string of the molecule is CCCN(CC(=O)OCC)c1nc2sccn2c1[N+](=O)[O-]. The molecule has 2 aromatic heterocycles. The maximum Gasteiger partial charge on any atom is 0.373 e. The second-order valence-corrected chi connectivity index (χ2v) is 5.17. The first-order valence-corrected chi connectivity index (χ1v) is 7.46. The lowest BCUT2D eigenvalue weighted by Crippen LogP contribution is -2.32. The third kappa shape index (κ3) is 3.13. The molecule has 0 aliphatic carbocycles. The highest BCUT2D eigenvalue weighted by Gasteiger charge is 2.28. The maximum absolute atomic E-state index is 11.7. The predicted octanol–water partition coefficient (Wildman–Crippen LogP) is 2.08. The largest absolute Gasteiger partial charge is 0.465 e. The van der Waals surface area contributed by atoms with E-state index in [0.717, 1.165) is 6.42 Å². The van der Waals surface area contributed by atoms with Gasteiger partial charge in [-0.15, -0.1) is 0 Å². The molecule has 0 unspecified atom stereocenters. The third-order valence-corrected chi connectivity index (χ3v) is 3.57. The number of rotatable bonds is 7. The van der Waals surface area contributed by atoms with Crippen molar-refractivity contribution >= 4 is 33.9 Å². The molecule has 0 aromatic carbocycles. The summed E-state index contributed by atoms with van der Waals surface area (Å²) in [4.78, 5) is 28.9. The van der Waals surface area contributed by atoms with E-state index < -0.39 is 10.9 Å². The zero-order valence-electron chi connectivity index (χ0n) is 11.8. The summed E-state index contributed by atoms with van der Waals surface area (Å²) in [7, 11) is 0. The molecule has 2 rings (SSSR count). The summed E-state index contributed by atoms with van der Waals surface area (Å²) in [5, 5.41) is 13.1. The molecule has 0 aliphatic rings. The van der Waals surface area contributed by atoms with Crippen LogP contribution in [0.25, 0.3) is 4.96 Å². The smallest absolute Gasteiger partial charge is 0.373 e. The lowest BCUT2D eigenvalue weighted by Gasteiger charge is -2.19. The summed E-state index contributed by atoms with van der Waals surface area (Å²) in [6.07, 6.45) is 2.34. The van der Waals surface area contributed by atoms with Crippen LogP contribution in [0, 0.1) is 10.1 Å². The number of hydrogen-bond acceptors (Lipinski definition) is 7. The van der Waals surface area contributed by atoms with Gasteiger partial charge in [-0.05, 0) is 18.3 Å². The van der Waals surface area contributed by atoms with Crippen molar-refractivity contribution in [2.45, 2.75) is 20.3 Å². The first kappa shape index (κ1) is 15.2. The summed E-state index contributed by atoms with van der Waals surface area (Å²) in [5.41, 5.74) is 0. The van der Waals surface area contributed by atoms with Gasteiger partial charge in [0.2, 0.25) is 5.82 Å². The van der Waals surface area contributed by atoms with Crippen LogP contribution in [-0.4, -0.2) is 40.0 Å². The molecule has 0 N–H and O–H groups in total. The minimum Gasteiger partial charge on any atom is -0.465 e. The standard InChI is InChI=1S/C12H16N4O4S/c1-3-5-14(8-9(17)20-4-2)10-11(16(18)19)15-6-7-21-12(15)13-10/h6-7H,3-5,8H2,1-2H3. The molecule has 0 bridgehead atoms. The van der Waals surface area contributed by atoms with Crippen LogP contribution in [0.1, 0.15) is 20.3 Å². The van der Waals surface area contributed by atoms with Crippen LogP contribution < -0.4 is 4.90 Å². The topological polar surface area (TPSA) is 90.0 Å². The van der Waals surface area contributed by atoms with Crippen LogP contribution in [0.15, 0.2) is 11.6 Å². The monoisotopic (exact) mass is 312 g/mol. The predicted molar refractivity (Wildman–Crippen MR) is 78.9 cm³/mol. The van der Waals surface area contributed by atoms with Crippen LogP contribution in [0.5, 0.6) is 0 Å². The maximum atomic E-state index is 11.7. The highest BCUT2D eigenvalue weighted by molar-refractivity contribution is 7.15. The fourth-order valence-electron chi connectivity index (χ4n) is 2.04. The molecule has 0 radical (unpaired) electrons. The Bertz CT molecular complexity index is 651. The molecular weight excluding hydrogens is 296 g/mol. The van der Waals surface area contributed by atoms with E-state index in [2.05, 4.69) is 4.98 Å². The normalized spacial score (nSPS) is 10.8. The van der Waals surface area contributed by atoms with E-state index in [1.807, 2.05) is 6.92 Å². The Morgan fingerprint density at radius 1 is 1.57 bits per heavy atom. The second kappa shape index (κ2) is 6.53. The molecular formula is C12H16N4O4S. The summed E-state index contributed by atoms with van der Waals surface area (Å²) >= 11 is 1.31. The minimum atomic E-state index is -0.476. The molecule has 0 fully saturated rings. The molecule has 8 nitrogen and oxygen atoms in total. The van der Waals surface area contributed by atoms with Gasteiger partial charge in [0.05, 0.1) is 6.61 Å². The molecule has 0 amide bonds. The van der Waals surface area contributed by atoms with Gasteiger partial charge in [-0.2, -0.15) is 9.38 Å². The van der Waals surface area contributed by atoms with Gasteiger partial charge >= 0.3 is 11.8 Å². The quantitative estimate of drug-likeness (QED) is 0.442. The zero-order chi connectivity index (χ0) is 15.4. The molecule has 0 saturated carbocycles. The molecule has 0 atom stereocenters. The van der Waals surface area contributed by atoms with E-state index in [1.54, 1.807) is 23.4 Å². The van der Waals surface area contributed by atoms with Crippen LogP contribution in [0.2, 0.25) is 0 Å². The Morgan fingerprint density at radius 3 is 2.95 bits per heavy atom. The van der Waals surface area contributed by atoms with Gasteiger partial charge in [0.1, 0.15) is 12.7 Å². The molecule has 2 aromatic rings. The average molecular weight is 312 g/mol. The fourth-order valence-corrected chi connectivity index (χ4v) is 2.74. The van der Waals surface area contributed by atoms with Gasteiger partial charge in [-0.1, -0.05) is 18.3 Å². The van der Waals surface area contributed by atoms with Crippen molar-refractivity contribution in [3.05, 3.63) is 21.7 Å². The van der Waals surface area contributed by atoms with Gasteiger partial charge in [-0.3, -0.25) is 4.79 Å². The van der Waals surface area contributed by atoms with Crippen LogP contribution in [0.4, 0.5) is 11.6 Å². The number of carbonyl (C=O) groups is 1. The zero-order valence-corrected chi connectivity index (χ0v) is 12.6. The van der Waals surface area contributed by atoms with E-state index in [-0.39, 0.29) is 24.8 Å². The summed E-state index contributed by atoms with van der Waals surface area (Å²) in [6.45, 7) is 4.37. The number of ether oxygens (including phenoxy) is 1. The van der Waals surface area contributed by atoms with E-state index in [0.29, 0.717) is 11.5 Å². The first-order chi connectivity index (χ1) is 10.1. The van der Waals surface area contributed by atoms with Crippen molar-refractivity contribution in [1.29, 1.82) is 0 Å².